The van der Waals surface area contributed by atoms with E-state index in [1.54, 1.807) is 6.33 Å². The Bertz CT molecular complexity index is 1650. The number of benzene rings is 1. The van der Waals surface area contributed by atoms with Gasteiger partial charge in [-0.2, -0.15) is 0 Å². The number of nitrogens with two attached hydrogens (primary N) is 1. The number of aromatic amines is 1. The van der Waals surface area contributed by atoms with Crippen LogP contribution >= 0.6 is 0 Å². The third-order valence-corrected chi connectivity index (χ3v) is 9.71. The maximum atomic E-state index is 6.72. The Morgan fingerprint density at radius 1 is 1.11 bits per heavy atom. The van der Waals surface area contributed by atoms with Crippen LogP contribution in [0.5, 0.6) is 0 Å². The number of fused-ring (bicyclic) bond motifs is 3. The molecule has 1 unspecified atom stereocenters. The minimum Gasteiger partial charge on any atom is -0.382 e. The molecule has 1 saturated carbocycles. The second-order valence-electron chi connectivity index (χ2n) is 14.7. The molecule has 3 aromatic heterocycles. The van der Waals surface area contributed by atoms with Crippen molar-refractivity contribution in [3.05, 3.63) is 42.2 Å². The van der Waals surface area contributed by atoms with Gasteiger partial charge in [-0.05, 0) is 76.0 Å². The topological polar surface area (TPSA) is 129 Å². The molecule has 1 aliphatic carbocycles. The second kappa shape index (κ2) is 10.8. The number of rotatable bonds is 8. The predicted molar refractivity (Wildman–Crippen MR) is 169 cm³/mol. The molecular formula is C33H46N8O3. The highest BCUT2D eigenvalue weighted by Crippen LogP contribution is 2.45. The monoisotopic (exact) mass is 602 g/mol. The van der Waals surface area contributed by atoms with Gasteiger partial charge in [-0.25, -0.2) is 19.9 Å². The van der Waals surface area contributed by atoms with Gasteiger partial charge in [-0.3, -0.25) is 9.47 Å². The zero-order valence-electron chi connectivity index (χ0n) is 26.9. The van der Waals surface area contributed by atoms with Gasteiger partial charge in [-0.15, -0.1) is 0 Å². The van der Waals surface area contributed by atoms with E-state index in [1.165, 1.54) is 24.7 Å². The summed E-state index contributed by atoms with van der Waals surface area (Å²) >= 11 is 0. The molecule has 5 heterocycles. The lowest BCUT2D eigenvalue weighted by Crippen LogP contribution is -2.52. The largest absolute Gasteiger partial charge is 0.382 e. The highest BCUT2D eigenvalue weighted by atomic mass is 16.8. The molecule has 4 aromatic rings. The van der Waals surface area contributed by atoms with Crippen molar-refractivity contribution in [1.29, 1.82) is 0 Å². The number of hydrogen-bond donors (Lipinski definition) is 2. The van der Waals surface area contributed by atoms with Crippen molar-refractivity contribution < 1.29 is 14.2 Å². The number of nitrogens with zero attached hydrogens (tertiary/aromatic N) is 6. The third kappa shape index (κ3) is 5.37. The van der Waals surface area contributed by atoms with E-state index in [9.17, 15) is 0 Å². The van der Waals surface area contributed by atoms with E-state index in [0.717, 1.165) is 36.2 Å². The van der Waals surface area contributed by atoms with Crippen molar-refractivity contribution >= 4 is 28.0 Å². The fourth-order valence-corrected chi connectivity index (χ4v) is 7.27. The Labute approximate surface area is 258 Å². The predicted octanol–water partition coefficient (Wildman–Crippen LogP) is 5.12. The number of aryl methyl sites for hydroxylation is 1. The van der Waals surface area contributed by atoms with Crippen molar-refractivity contribution in [2.24, 2.45) is 5.92 Å². The van der Waals surface area contributed by atoms with Crippen molar-refractivity contribution in [2.45, 2.75) is 122 Å². The van der Waals surface area contributed by atoms with Gasteiger partial charge >= 0.3 is 0 Å². The molecule has 4 atom stereocenters. The molecule has 2 aliphatic heterocycles. The van der Waals surface area contributed by atoms with E-state index in [-0.39, 0.29) is 23.7 Å². The van der Waals surface area contributed by atoms with E-state index in [1.807, 2.05) is 18.4 Å². The summed E-state index contributed by atoms with van der Waals surface area (Å²) in [7, 11) is 0. The van der Waals surface area contributed by atoms with Gasteiger partial charge in [0.05, 0.1) is 17.4 Å². The molecule has 2 saturated heterocycles. The van der Waals surface area contributed by atoms with Crippen LogP contribution in [0.1, 0.15) is 85.3 Å². The maximum Gasteiger partial charge on any atom is 0.167 e. The van der Waals surface area contributed by atoms with Crippen molar-refractivity contribution in [3.63, 3.8) is 0 Å². The molecular weight excluding hydrogens is 556 g/mol. The van der Waals surface area contributed by atoms with Crippen LogP contribution in [0, 0.1) is 5.92 Å². The zero-order valence-corrected chi connectivity index (χ0v) is 26.9. The summed E-state index contributed by atoms with van der Waals surface area (Å²) in [6.07, 6.45) is 6.61. The molecule has 3 fully saturated rings. The van der Waals surface area contributed by atoms with Crippen molar-refractivity contribution in [1.82, 2.24) is 34.4 Å². The molecule has 44 heavy (non-hydrogen) atoms. The van der Waals surface area contributed by atoms with Crippen LogP contribution in [-0.2, 0) is 26.0 Å². The number of hydrogen-bond acceptors (Lipinski definition) is 9. The SMILES string of the molecule is CC(C)N(C[C@H]1O[C@@H](n2cnc3c(N)ncnc32)C2OC(C)(C)O[C@@H]21)C1CC(CCc2nc3cc(C(C)(C)C)ccc3[nH]2)C1. The molecule has 3 N–H and O–H groups in total. The molecule has 0 bridgehead atoms. The minimum absolute atomic E-state index is 0.117. The smallest absolute Gasteiger partial charge is 0.167 e. The first kappa shape index (κ1) is 29.6. The fourth-order valence-electron chi connectivity index (χ4n) is 7.27. The molecule has 0 spiro atoms. The summed E-state index contributed by atoms with van der Waals surface area (Å²) in [5.41, 5.74) is 10.9. The lowest BCUT2D eigenvalue weighted by molar-refractivity contribution is -0.199. The minimum atomic E-state index is -0.699. The summed E-state index contributed by atoms with van der Waals surface area (Å²) in [4.78, 5) is 24.1. The number of ether oxygens (including phenoxy) is 3. The van der Waals surface area contributed by atoms with Crippen molar-refractivity contribution in [2.75, 3.05) is 12.3 Å². The Morgan fingerprint density at radius 3 is 2.64 bits per heavy atom. The van der Waals surface area contributed by atoms with Gasteiger partial charge in [0, 0.05) is 25.0 Å². The Balaban J connectivity index is 1.00. The highest BCUT2D eigenvalue weighted by Gasteiger charge is 2.57. The Hall–Kier alpha value is -3.12. The summed E-state index contributed by atoms with van der Waals surface area (Å²) in [6.45, 7) is 16.0. The first-order chi connectivity index (χ1) is 20.9. The van der Waals surface area contributed by atoms with Gasteiger partial charge in [0.1, 0.15) is 36.0 Å². The number of H-pyrrole nitrogens is 1. The van der Waals surface area contributed by atoms with Crippen molar-refractivity contribution in [3.8, 4) is 0 Å². The maximum absolute atomic E-state index is 6.72. The summed E-state index contributed by atoms with van der Waals surface area (Å²) in [6, 6.07) is 7.51. The molecule has 0 radical (unpaired) electrons. The number of imidazole rings is 2. The van der Waals surface area contributed by atoms with Crippen LogP contribution < -0.4 is 5.73 Å². The average Bonchev–Trinajstić information content (AvgIpc) is 3.68. The van der Waals surface area contributed by atoms with E-state index in [2.05, 4.69) is 77.7 Å². The number of nitrogens with one attached hydrogen (secondary N) is 1. The van der Waals surface area contributed by atoms with Crippen LogP contribution in [0.3, 0.4) is 0 Å². The van der Waals surface area contributed by atoms with Crippen LogP contribution in [-0.4, -0.2) is 77.1 Å². The van der Waals surface area contributed by atoms with Gasteiger partial charge < -0.3 is 24.9 Å². The van der Waals surface area contributed by atoms with E-state index in [0.29, 0.717) is 35.0 Å². The van der Waals surface area contributed by atoms with Gasteiger partial charge in [-0.1, -0.05) is 26.8 Å². The first-order valence-electron chi connectivity index (χ1n) is 16.1. The van der Waals surface area contributed by atoms with E-state index >= 15 is 0 Å². The normalized spacial score (nSPS) is 28.4. The van der Waals surface area contributed by atoms with Gasteiger partial charge in [0.2, 0.25) is 0 Å². The Morgan fingerprint density at radius 2 is 1.89 bits per heavy atom. The summed E-state index contributed by atoms with van der Waals surface area (Å²) < 4.78 is 21.5. The number of nitrogen functional groups attached to an aromatic ring is 1. The van der Waals surface area contributed by atoms with Gasteiger partial charge in [0.25, 0.3) is 0 Å². The summed E-state index contributed by atoms with van der Waals surface area (Å²) in [5.74, 6) is 1.43. The van der Waals surface area contributed by atoms with Crippen LogP contribution in [0.25, 0.3) is 22.2 Å². The second-order valence-corrected chi connectivity index (χ2v) is 14.7. The number of aromatic nitrogens is 6. The van der Waals surface area contributed by atoms with Gasteiger partial charge in [0.15, 0.2) is 23.5 Å². The molecule has 1 aromatic carbocycles. The standard InChI is InChI=1S/C33H46N8O3/c1-18(2)40(21-12-19(13-21)8-11-25-38-22-10-9-20(32(3,4)5)14-23(22)39-25)15-24-27-28(44-33(6,7)43-27)31(42-24)41-17-37-26-29(34)35-16-36-30(26)41/h9-10,14,16-19,21,24,27-28,31H,8,11-13,15H2,1-7H3,(H,38,39)(H2,34,35,36)/t19?,21?,24-,27-,28?,31-/m1/s1. The van der Waals surface area contributed by atoms with Crippen LogP contribution in [0.4, 0.5) is 5.82 Å². The zero-order chi connectivity index (χ0) is 31.0. The molecule has 11 heteroatoms. The third-order valence-electron chi connectivity index (χ3n) is 9.71. The van der Waals surface area contributed by atoms with E-state index in [4.69, 9.17) is 24.9 Å². The molecule has 0 amide bonds. The summed E-state index contributed by atoms with van der Waals surface area (Å²) in [5, 5.41) is 0. The lowest BCUT2D eigenvalue weighted by Gasteiger charge is -2.46. The fraction of sp³-hybridized carbons (Fsp3) is 0.636. The van der Waals surface area contributed by atoms with Crippen LogP contribution in [0.2, 0.25) is 0 Å². The van der Waals surface area contributed by atoms with Crippen LogP contribution in [0.15, 0.2) is 30.9 Å². The Kier molecular flexibility index (Phi) is 7.23. The quantitative estimate of drug-likeness (QED) is 0.282. The molecule has 11 nitrogen and oxygen atoms in total. The highest BCUT2D eigenvalue weighted by molar-refractivity contribution is 5.81. The molecule has 7 rings (SSSR count). The molecule has 3 aliphatic rings. The van der Waals surface area contributed by atoms with E-state index < -0.39 is 12.0 Å². The lowest BCUT2D eigenvalue weighted by atomic mass is 9.76. The average molecular weight is 603 g/mol. The number of anilines is 1. The molecule has 236 valence electrons. The first-order valence-corrected chi connectivity index (χ1v) is 16.1.